The summed E-state index contributed by atoms with van der Waals surface area (Å²) in [4.78, 5) is 40.9. The van der Waals surface area contributed by atoms with Crippen molar-refractivity contribution in [3.05, 3.63) is 12.2 Å². The van der Waals surface area contributed by atoms with E-state index < -0.39 is 17.4 Å². The summed E-state index contributed by atoms with van der Waals surface area (Å²) in [6.07, 6.45) is 12.9. The maximum atomic E-state index is 13.7. The van der Waals surface area contributed by atoms with Gasteiger partial charge < -0.3 is 25.4 Å². The van der Waals surface area contributed by atoms with Gasteiger partial charge >= 0.3 is 18.0 Å². The monoisotopic (exact) mass is 710 g/mol. The van der Waals surface area contributed by atoms with Gasteiger partial charge in [0.25, 0.3) is 0 Å². The maximum absolute atomic E-state index is 13.7. The lowest BCUT2D eigenvalue weighted by Crippen LogP contribution is -2.69. The largest absolute Gasteiger partial charge is 0.481 e. The number of carboxylic acid groups (broad SMARTS) is 1. The van der Waals surface area contributed by atoms with E-state index >= 15 is 0 Å². The molecule has 2 amide bonds. The van der Waals surface area contributed by atoms with Crippen LogP contribution in [0, 0.1) is 62.6 Å². The van der Waals surface area contributed by atoms with Gasteiger partial charge in [0.15, 0.2) is 0 Å². The summed E-state index contributed by atoms with van der Waals surface area (Å²) in [6.45, 7) is 25.4. The van der Waals surface area contributed by atoms with Gasteiger partial charge in [0.05, 0.1) is 11.8 Å². The topological polar surface area (TPSA) is 108 Å². The molecule has 0 aromatic rings. The number of carboxylic acids is 1. The number of piperidine rings is 1. The predicted octanol–water partition coefficient (Wildman–Crippen LogP) is 8.45. The smallest absolute Gasteiger partial charge is 0.315 e. The van der Waals surface area contributed by atoms with Crippen LogP contribution >= 0.6 is 0 Å². The molecule has 1 heterocycles. The molecule has 10 atom stereocenters. The number of esters is 1. The number of ether oxygens (including phenoxy) is 1. The average Bonchev–Trinajstić information content (AvgIpc) is 3.42. The van der Waals surface area contributed by atoms with E-state index in [1.807, 2.05) is 0 Å². The van der Waals surface area contributed by atoms with Crippen molar-refractivity contribution in [2.75, 3.05) is 26.7 Å². The standard InChI is InChI=1S/C43H71N3O5/c1-27(2)29-13-20-43(45-37(50)44-26-28-16-23-46(10)24-17-28)22-21-41(8)30(35(29)43)11-12-32-40(7)18-15-33(51-34(47)25-38(3,4)36(48)49)39(5,6)31(40)14-19-42(32,41)9/h28-33,35H,1,11-26H2,2-10H3,(H,48,49)(H2,44,45,50)/t29-,30+,31-,32+,33-,35+,40-,41+,42+,43-/m0/s1. The zero-order valence-corrected chi connectivity index (χ0v) is 33.6. The van der Waals surface area contributed by atoms with Gasteiger partial charge in [-0.15, -0.1) is 0 Å². The molecular formula is C43H71N3O5. The molecule has 1 aliphatic heterocycles. The number of hydrogen-bond donors (Lipinski definition) is 3. The van der Waals surface area contributed by atoms with Crippen LogP contribution in [-0.4, -0.2) is 66.3 Å². The third-order valence-electron chi connectivity index (χ3n) is 17.2. The second kappa shape index (κ2) is 13.3. The van der Waals surface area contributed by atoms with Crippen molar-refractivity contribution >= 4 is 18.0 Å². The van der Waals surface area contributed by atoms with Crippen LogP contribution in [0.2, 0.25) is 0 Å². The third-order valence-corrected chi connectivity index (χ3v) is 17.2. The van der Waals surface area contributed by atoms with Gasteiger partial charge in [0.2, 0.25) is 0 Å². The van der Waals surface area contributed by atoms with Gasteiger partial charge in [-0.3, -0.25) is 9.59 Å². The Kier molecular flexibility index (Phi) is 10.1. The molecule has 6 aliphatic rings. The van der Waals surface area contributed by atoms with E-state index in [1.165, 1.54) is 24.8 Å². The number of likely N-dealkylation sites (tertiary alicyclic amines) is 1. The van der Waals surface area contributed by atoms with Gasteiger partial charge in [0.1, 0.15) is 6.10 Å². The highest BCUT2D eigenvalue weighted by atomic mass is 16.5. The molecule has 288 valence electrons. The Labute approximate surface area is 309 Å². The number of allylic oxidation sites excluding steroid dienone is 1. The highest BCUT2D eigenvalue weighted by molar-refractivity contribution is 5.81. The molecule has 3 N–H and O–H groups in total. The summed E-state index contributed by atoms with van der Waals surface area (Å²) in [5.41, 5.74) is 0.250. The molecule has 8 heteroatoms. The predicted molar refractivity (Wildman–Crippen MR) is 202 cm³/mol. The summed E-state index contributed by atoms with van der Waals surface area (Å²) in [5, 5.41) is 16.6. The first kappa shape index (κ1) is 38.6. The minimum atomic E-state index is -1.14. The van der Waals surface area contributed by atoms with Crippen LogP contribution in [0.5, 0.6) is 0 Å². The summed E-state index contributed by atoms with van der Waals surface area (Å²) in [5.74, 6) is 1.58. The third kappa shape index (κ3) is 6.37. The Hall–Kier alpha value is -2.09. The van der Waals surface area contributed by atoms with Crippen LogP contribution in [0.1, 0.15) is 139 Å². The van der Waals surface area contributed by atoms with Gasteiger partial charge in [-0.25, -0.2) is 4.79 Å². The first-order chi connectivity index (χ1) is 23.7. The minimum absolute atomic E-state index is 0.0315. The number of nitrogens with zero attached hydrogens (tertiary/aromatic N) is 1. The Morgan fingerprint density at radius 1 is 0.863 bits per heavy atom. The number of urea groups is 1. The molecule has 0 aromatic heterocycles. The average molecular weight is 710 g/mol. The number of carbonyl (C=O) groups excluding carboxylic acids is 2. The second-order valence-corrected chi connectivity index (χ2v) is 20.6. The zero-order chi connectivity index (χ0) is 37.4. The number of hydrogen-bond acceptors (Lipinski definition) is 5. The number of fused-ring (bicyclic) bond motifs is 7. The maximum Gasteiger partial charge on any atom is 0.315 e. The van der Waals surface area contributed by atoms with E-state index in [-0.39, 0.29) is 45.8 Å². The molecule has 0 unspecified atom stereocenters. The van der Waals surface area contributed by atoms with Gasteiger partial charge in [-0.2, -0.15) is 0 Å². The summed E-state index contributed by atoms with van der Waals surface area (Å²) >= 11 is 0. The summed E-state index contributed by atoms with van der Waals surface area (Å²) < 4.78 is 6.18. The van der Waals surface area contributed by atoms with Crippen LogP contribution in [-0.2, 0) is 14.3 Å². The number of carbonyl (C=O) groups is 3. The van der Waals surface area contributed by atoms with E-state index in [1.54, 1.807) is 13.8 Å². The van der Waals surface area contributed by atoms with Crippen LogP contribution < -0.4 is 10.6 Å². The van der Waals surface area contributed by atoms with Crippen LogP contribution in [0.3, 0.4) is 0 Å². The minimum Gasteiger partial charge on any atom is -0.481 e. The van der Waals surface area contributed by atoms with E-state index in [9.17, 15) is 19.5 Å². The first-order valence-corrected chi connectivity index (χ1v) is 20.5. The normalized spacial score (nSPS) is 42.4. The number of rotatable bonds is 8. The quantitative estimate of drug-likeness (QED) is 0.173. The lowest BCUT2D eigenvalue weighted by Gasteiger charge is -2.73. The van der Waals surface area contributed by atoms with E-state index in [4.69, 9.17) is 4.74 Å². The van der Waals surface area contributed by atoms with Crippen LogP contribution in [0.25, 0.3) is 0 Å². The molecule has 0 spiro atoms. The number of amides is 2. The Balaban J connectivity index is 1.20. The molecule has 0 aromatic carbocycles. The van der Waals surface area contributed by atoms with Crippen LogP contribution in [0.15, 0.2) is 12.2 Å². The highest BCUT2D eigenvalue weighted by Crippen LogP contribution is 2.76. The Morgan fingerprint density at radius 2 is 1.55 bits per heavy atom. The molecule has 1 saturated heterocycles. The van der Waals surface area contributed by atoms with Crippen molar-refractivity contribution in [2.45, 2.75) is 151 Å². The molecule has 5 aliphatic carbocycles. The first-order valence-electron chi connectivity index (χ1n) is 20.5. The van der Waals surface area contributed by atoms with E-state index in [2.05, 4.69) is 70.7 Å². The molecule has 6 rings (SSSR count). The number of nitrogens with one attached hydrogen (secondary N) is 2. The molecule has 6 fully saturated rings. The van der Waals surface area contributed by atoms with Crippen molar-refractivity contribution in [1.82, 2.24) is 15.5 Å². The molecule has 8 nitrogen and oxygen atoms in total. The fraction of sp³-hybridized carbons (Fsp3) is 0.884. The lowest BCUT2D eigenvalue weighted by molar-refractivity contribution is -0.246. The molecule has 5 saturated carbocycles. The van der Waals surface area contributed by atoms with Crippen LogP contribution in [0.4, 0.5) is 4.79 Å². The van der Waals surface area contributed by atoms with Gasteiger partial charge in [-0.05, 0) is 170 Å². The number of aliphatic carboxylic acids is 1. The Morgan fingerprint density at radius 3 is 2.20 bits per heavy atom. The van der Waals surface area contributed by atoms with E-state index in [0.717, 1.165) is 77.4 Å². The van der Waals surface area contributed by atoms with Crippen molar-refractivity contribution in [1.29, 1.82) is 0 Å². The van der Waals surface area contributed by atoms with Gasteiger partial charge in [-0.1, -0.05) is 46.8 Å². The van der Waals surface area contributed by atoms with Crippen molar-refractivity contribution in [3.63, 3.8) is 0 Å². The van der Waals surface area contributed by atoms with E-state index in [0.29, 0.717) is 35.5 Å². The lowest BCUT2D eigenvalue weighted by atomic mass is 9.32. The summed E-state index contributed by atoms with van der Waals surface area (Å²) in [6, 6.07) is 0.0315. The molecule has 0 bridgehead atoms. The highest BCUT2D eigenvalue weighted by Gasteiger charge is 2.71. The van der Waals surface area contributed by atoms with Gasteiger partial charge in [0, 0.05) is 17.5 Å². The van der Waals surface area contributed by atoms with Crippen molar-refractivity contribution < 1.29 is 24.2 Å². The zero-order valence-electron chi connectivity index (χ0n) is 33.6. The molecular weight excluding hydrogens is 638 g/mol. The fourth-order valence-corrected chi connectivity index (χ4v) is 14.0. The Bertz CT molecular complexity index is 1390. The van der Waals surface area contributed by atoms with Crippen molar-refractivity contribution in [3.8, 4) is 0 Å². The summed E-state index contributed by atoms with van der Waals surface area (Å²) in [7, 11) is 2.18. The fourth-order valence-electron chi connectivity index (χ4n) is 14.0. The SMILES string of the molecule is C=C(C)[C@@H]1CC[C@]2(NC(=O)NCC3CCN(C)CC3)CC[C@]3(C)[C@H](CC[C@@H]4[C@@]5(C)CC[C@H](OC(=O)CC(C)(C)C(=O)O)C(C)(C)[C@@H]5CC[C@]43C)[C@@H]12. The van der Waals surface area contributed by atoms with Crippen molar-refractivity contribution in [2.24, 2.45) is 62.6 Å². The second-order valence-electron chi connectivity index (χ2n) is 20.6. The molecule has 0 radical (unpaired) electrons. The molecule has 51 heavy (non-hydrogen) atoms.